The summed E-state index contributed by atoms with van der Waals surface area (Å²) < 4.78 is 16.9. The fourth-order valence-electron chi connectivity index (χ4n) is 2.87. The first-order valence-electron chi connectivity index (χ1n) is 7.25. The van der Waals surface area contributed by atoms with Gasteiger partial charge in [0.2, 0.25) is 0 Å². The normalized spacial score (nSPS) is 20.7. The average molecular weight is 279 g/mol. The third kappa shape index (κ3) is 3.32. The lowest BCUT2D eigenvalue weighted by atomic mass is 9.96. The molecule has 1 saturated heterocycles. The molecule has 2 unspecified atom stereocenters. The van der Waals surface area contributed by atoms with Gasteiger partial charge in [-0.25, -0.2) is 0 Å². The van der Waals surface area contributed by atoms with Crippen molar-refractivity contribution in [3.63, 3.8) is 0 Å². The number of hydrogen-bond acceptors (Lipinski definition) is 4. The molecular weight excluding hydrogens is 254 g/mol. The van der Waals surface area contributed by atoms with Gasteiger partial charge in [-0.3, -0.25) is 0 Å². The van der Waals surface area contributed by atoms with E-state index < -0.39 is 0 Å². The zero-order valence-corrected chi connectivity index (χ0v) is 12.9. The average Bonchev–Trinajstić information content (AvgIpc) is 2.45. The first-order chi connectivity index (χ1) is 9.67. The van der Waals surface area contributed by atoms with Crippen LogP contribution in [0.2, 0.25) is 0 Å². The van der Waals surface area contributed by atoms with Gasteiger partial charge < -0.3 is 19.5 Å². The van der Waals surface area contributed by atoms with Crippen LogP contribution in [0.5, 0.6) is 5.75 Å². The molecule has 0 bridgehead atoms. The van der Waals surface area contributed by atoms with Crippen LogP contribution in [0.4, 0.5) is 0 Å². The molecular formula is C16H25NO3. The van der Waals surface area contributed by atoms with Crippen LogP contribution in [0.25, 0.3) is 0 Å². The van der Waals surface area contributed by atoms with Gasteiger partial charge in [0.1, 0.15) is 11.9 Å². The fourth-order valence-corrected chi connectivity index (χ4v) is 2.87. The first kappa shape index (κ1) is 15.3. The molecule has 0 aliphatic carbocycles. The molecule has 1 aliphatic heterocycles. The molecule has 2 atom stereocenters. The summed E-state index contributed by atoms with van der Waals surface area (Å²) in [7, 11) is 1.72. The molecule has 1 aromatic rings. The van der Waals surface area contributed by atoms with Crippen molar-refractivity contribution in [1.82, 2.24) is 5.32 Å². The van der Waals surface area contributed by atoms with Crippen LogP contribution in [0.1, 0.15) is 29.7 Å². The zero-order valence-electron chi connectivity index (χ0n) is 12.9. The summed E-state index contributed by atoms with van der Waals surface area (Å²) in [5, 5.41) is 3.51. The highest BCUT2D eigenvalue weighted by atomic mass is 16.6. The van der Waals surface area contributed by atoms with Gasteiger partial charge in [-0.15, -0.1) is 0 Å². The monoisotopic (exact) mass is 279 g/mol. The molecule has 0 amide bonds. The number of aryl methyl sites for hydroxylation is 2. The molecule has 4 heteroatoms. The minimum atomic E-state index is 0.0656. The van der Waals surface area contributed by atoms with Gasteiger partial charge in [0.05, 0.1) is 33.0 Å². The van der Waals surface area contributed by atoms with Crippen LogP contribution >= 0.6 is 0 Å². The Morgan fingerprint density at radius 3 is 2.50 bits per heavy atom. The number of ether oxygens (including phenoxy) is 3. The molecule has 20 heavy (non-hydrogen) atoms. The first-order valence-corrected chi connectivity index (χ1v) is 7.25. The summed E-state index contributed by atoms with van der Waals surface area (Å²) in [4.78, 5) is 0. The molecule has 1 N–H and O–H groups in total. The molecule has 4 nitrogen and oxygen atoms in total. The predicted molar refractivity (Wildman–Crippen MR) is 79.4 cm³/mol. The number of benzene rings is 1. The number of rotatable bonds is 5. The van der Waals surface area contributed by atoms with Gasteiger partial charge in [-0.2, -0.15) is 0 Å². The number of methoxy groups -OCH3 is 1. The molecule has 0 aromatic heterocycles. The summed E-state index contributed by atoms with van der Waals surface area (Å²) >= 11 is 0. The number of likely N-dealkylation sites (N-methyl/N-ethyl adjacent to an activating group) is 1. The second-order valence-electron chi connectivity index (χ2n) is 5.21. The quantitative estimate of drug-likeness (QED) is 0.898. The van der Waals surface area contributed by atoms with Crippen LogP contribution in [-0.2, 0) is 9.47 Å². The maximum Gasteiger partial charge on any atom is 0.124 e. The lowest BCUT2D eigenvalue weighted by molar-refractivity contribution is -0.102. The van der Waals surface area contributed by atoms with Gasteiger partial charge in [-0.1, -0.05) is 19.1 Å². The second-order valence-corrected chi connectivity index (χ2v) is 5.21. The summed E-state index contributed by atoms with van der Waals surface area (Å²) in [5.41, 5.74) is 3.54. The zero-order chi connectivity index (χ0) is 14.5. The number of nitrogens with one attached hydrogen (secondary N) is 1. The summed E-state index contributed by atoms with van der Waals surface area (Å²) in [6.45, 7) is 9.17. The van der Waals surface area contributed by atoms with Gasteiger partial charge in [-0.05, 0) is 37.1 Å². The molecule has 112 valence electrons. The topological polar surface area (TPSA) is 39.7 Å². The van der Waals surface area contributed by atoms with Crippen molar-refractivity contribution in [2.45, 2.75) is 32.9 Å². The largest absolute Gasteiger partial charge is 0.496 e. The van der Waals surface area contributed by atoms with E-state index in [0.29, 0.717) is 19.8 Å². The molecule has 2 rings (SSSR count). The van der Waals surface area contributed by atoms with E-state index >= 15 is 0 Å². The van der Waals surface area contributed by atoms with E-state index in [1.165, 1.54) is 5.56 Å². The lowest BCUT2D eigenvalue weighted by Crippen LogP contribution is -2.40. The van der Waals surface area contributed by atoms with Crippen molar-refractivity contribution in [3.05, 3.63) is 28.8 Å². The van der Waals surface area contributed by atoms with Crippen molar-refractivity contribution in [1.29, 1.82) is 0 Å². The minimum Gasteiger partial charge on any atom is -0.496 e. The predicted octanol–water partition coefficient (Wildman–Crippen LogP) is 2.38. The van der Waals surface area contributed by atoms with E-state index in [1.807, 2.05) is 0 Å². The highest BCUT2D eigenvalue weighted by Gasteiger charge is 2.26. The van der Waals surface area contributed by atoms with Crippen molar-refractivity contribution in [3.8, 4) is 5.75 Å². The van der Waals surface area contributed by atoms with E-state index in [4.69, 9.17) is 14.2 Å². The SMILES string of the molecule is CCNC(c1cc(C)c(OC)c(C)c1)C1COCCO1. The third-order valence-electron chi connectivity index (χ3n) is 3.68. The Kier molecular flexibility index (Phi) is 5.40. The van der Waals surface area contributed by atoms with E-state index in [9.17, 15) is 0 Å². The molecule has 0 radical (unpaired) electrons. The Balaban J connectivity index is 2.28. The Morgan fingerprint density at radius 2 is 2.00 bits per heavy atom. The molecule has 1 heterocycles. The van der Waals surface area contributed by atoms with Crippen molar-refractivity contribution in [2.75, 3.05) is 33.5 Å². The summed E-state index contributed by atoms with van der Waals surface area (Å²) in [6.07, 6.45) is 0.0656. The van der Waals surface area contributed by atoms with E-state index in [1.54, 1.807) is 7.11 Å². The van der Waals surface area contributed by atoms with Crippen LogP contribution in [-0.4, -0.2) is 39.6 Å². The van der Waals surface area contributed by atoms with Crippen LogP contribution in [0.15, 0.2) is 12.1 Å². The smallest absolute Gasteiger partial charge is 0.124 e. The molecule has 0 spiro atoms. The lowest BCUT2D eigenvalue weighted by Gasteiger charge is -2.32. The van der Waals surface area contributed by atoms with Crippen LogP contribution in [0.3, 0.4) is 0 Å². The standard InChI is InChI=1S/C16H25NO3/c1-5-17-15(14-10-19-6-7-20-14)13-8-11(2)16(18-4)12(3)9-13/h8-9,14-15,17H,5-7,10H2,1-4H3. The third-order valence-corrected chi connectivity index (χ3v) is 3.68. The van der Waals surface area contributed by atoms with Crippen molar-refractivity contribution in [2.24, 2.45) is 0 Å². The molecule has 0 saturated carbocycles. The Hall–Kier alpha value is -1.10. The second kappa shape index (κ2) is 7.07. The minimum absolute atomic E-state index is 0.0656. The van der Waals surface area contributed by atoms with Crippen molar-refractivity contribution >= 4 is 0 Å². The fraction of sp³-hybridized carbons (Fsp3) is 0.625. The van der Waals surface area contributed by atoms with Gasteiger partial charge in [0.15, 0.2) is 0 Å². The molecule has 1 fully saturated rings. The van der Waals surface area contributed by atoms with Crippen LogP contribution < -0.4 is 10.1 Å². The van der Waals surface area contributed by atoms with Gasteiger partial charge >= 0.3 is 0 Å². The van der Waals surface area contributed by atoms with E-state index in [2.05, 4.69) is 38.2 Å². The molecule has 1 aromatic carbocycles. The van der Waals surface area contributed by atoms with Crippen LogP contribution in [0, 0.1) is 13.8 Å². The Labute approximate surface area is 121 Å². The van der Waals surface area contributed by atoms with E-state index in [-0.39, 0.29) is 12.1 Å². The van der Waals surface area contributed by atoms with Gasteiger partial charge in [0.25, 0.3) is 0 Å². The highest BCUT2D eigenvalue weighted by molar-refractivity contribution is 5.44. The number of hydrogen-bond donors (Lipinski definition) is 1. The Morgan fingerprint density at radius 1 is 1.30 bits per heavy atom. The van der Waals surface area contributed by atoms with E-state index in [0.717, 1.165) is 23.4 Å². The maximum absolute atomic E-state index is 5.86. The van der Waals surface area contributed by atoms with Crippen molar-refractivity contribution < 1.29 is 14.2 Å². The summed E-state index contributed by atoms with van der Waals surface area (Å²) in [5.74, 6) is 0.963. The highest BCUT2D eigenvalue weighted by Crippen LogP contribution is 2.29. The van der Waals surface area contributed by atoms with Gasteiger partial charge in [0, 0.05) is 0 Å². The molecule has 1 aliphatic rings. The maximum atomic E-state index is 5.86. The summed E-state index contributed by atoms with van der Waals surface area (Å²) in [6, 6.07) is 4.51. The Bertz CT molecular complexity index is 418.